The first-order valence-electron chi connectivity index (χ1n) is 9.52. The second-order valence-electron chi connectivity index (χ2n) is 6.72. The van der Waals surface area contributed by atoms with E-state index in [2.05, 4.69) is 0 Å². The lowest BCUT2D eigenvalue weighted by atomic mass is 10.2. The number of methoxy groups -OCH3 is 1. The highest BCUT2D eigenvalue weighted by molar-refractivity contribution is 5.94. The highest BCUT2D eigenvalue weighted by Gasteiger charge is 2.17. The molecule has 1 unspecified atom stereocenters. The quantitative estimate of drug-likeness (QED) is 0.662. The van der Waals surface area contributed by atoms with Crippen molar-refractivity contribution in [2.24, 2.45) is 0 Å². The zero-order chi connectivity index (χ0) is 19.8. The minimum atomic E-state index is -0.0686. The third-order valence-electron chi connectivity index (χ3n) is 4.64. The highest BCUT2D eigenvalue weighted by Crippen LogP contribution is 2.19. The number of carbonyl (C=O) groups excluding carboxylic acids is 1. The van der Waals surface area contributed by atoms with Crippen molar-refractivity contribution in [3.63, 3.8) is 0 Å². The second-order valence-corrected chi connectivity index (χ2v) is 6.72. The Morgan fingerprint density at radius 3 is 2.61 bits per heavy atom. The maximum absolute atomic E-state index is 12.7. The van der Waals surface area contributed by atoms with Crippen molar-refractivity contribution in [2.45, 2.75) is 18.9 Å². The molecule has 1 aliphatic rings. The van der Waals surface area contributed by atoms with Crippen LogP contribution in [-0.4, -0.2) is 57.4 Å². The number of benzene rings is 2. The summed E-state index contributed by atoms with van der Waals surface area (Å²) in [6, 6.07) is 14.6. The van der Waals surface area contributed by atoms with E-state index in [9.17, 15) is 4.79 Å². The lowest BCUT2D eigenvalue weighted by molar-refractivity contribution is 0.0678. The summed E-state index contributed by atoms with van der Waals surface area (Å²) in [4.78, 5) is 14.3. The van der Waals surface area contributed by atoms with Crippen LogP contribution in [0.2, 0.25) is 0 Å². The van der Waals surface area contributed by atoms with Gasteiger partial charge in [-0.05, 0) is 55.3 Å². The van der Waals surface area contributed by atoms with Crippen LogP contribution in [0.1, 0.15) is 23.2 Å². The van der Waals surface area contributed by atoms with Crippen molar-refractivity contribution in [3.05, 3.63) is 54.1 Å². The van der Waals surface area contributed by atoms with Crippen LogP contribution >= 0.6 is 0 Å². The van der Waals surface area contributed by atoms with E-state index < -0.39 is 0 Å². The highest BCUT2D eigenvalue weighted by atomic mass is 16.5. The average Bonchev–Trinajstić information content (AvgIpc) is 3.26. The molecule has 0 radical (unpaired) electrons. The molecule has 6 nitrogen and oxygen atoms in total. The summed E-state index contributed by atoms with van der Waals surface area (Å²) in [6.45, 7) is 2.20. The molecule has 2 aromatic carbocycles. The van der Waals surface area contributed by atoms with Gasteiger partial charge in [-0.3, -0.25) is 4.79 Å². The van der Waals surface area contributed by atoms with Crippen LogP contribution in [0.25, 0.3) is 0 Å². The molecule has 0 aromatic heterocycles. The summed E-state index contributed by atoms with van der Waals surface area (Å²) in [5, 5.41) is 0. The first-order valence-corrected chi connectivity index (χ1v) is 9.52. The summed E-state index contributed by atoms with van der Waals surface area (Å²) in [7, 11) is 3.39. The summed E-state index contributed by atoms with van der Waals surface area (Å²) >= 11 is 0. The molecule has 28 heavy (non-hydrogen) atoms. The first-order chi connectivity index (χ1) is 13.7. The largest absolute Gasteiger partial charge is 0.497 e. The number of likely N-dealkylation sites (N-methyl/N-ethyl adjacent to an activating group) is 1. The van der Waals surface area contributed by atoms with Crippen LogP contribution in [0, 0.1) is 0 Å². The number of ether oxygens (including phenoxy) is 4. The van der Waals surface area contributed by atoms with Gasteiger partial charge in [0, 0.05) is 19.2 Å². The number of carbonyl (C=O) groups is 1. The van der Waals surface area contributed by atoms with Gasteiger partial charge in [0.25, 0.3) is 5.91 Å². The number of amides is 1. The Hall–Kier alpha value is -2.73. The van der Waals surface area contributed by atoms with Gasteiger partial charge in [0.15, 0.2) is 0 Å². The van der Waals surface area contributed by atoms with E-state index in [0.29, 0.717) is 31.1 Å². The molecule has 1 atom stereocenters. The van der Waals surface area contributed by atoms with Crippen molar-refractivity contribution < 1.29 is 23.7 Å². The van der Waals surface area contributed by atoms with Gasteiger partial charge in [-0.25, -0.2) is 0 Å². The second kappa shape index (κ2) is 9.99. The van der Waals surface area contributed by atoms with Gasteiger partial charge in [-0.15, -0.1) is 0 Å². The smallest absolute Gasteiger partial charge is 0.253 e. The van der Waals surface area contributed by atoms with Crippen molar-refractivity contribution in [2.75, 3.05) is 40.5 Å². The molecule has 1 aliphatic heterocycles. The van der Waals surface area contributed by atoms with Crippen LogP contribution in [0.3, 0.4) is 0 Å². The van der Waals surface area contributed by atoms with Gasteiger partial charge < -0.3 is 23.8 Å². The molecular weight excluding hydrogens is 358 g/mol. The van der Waals surface area contributed by atoms with Crippen LogP contribution in [0.15, 0.2) is 48.5 Å². The van der Waals surface area contributed by atoms with Crippen LogP contribution in [0.5, 0.6) is 17.2 Å². The molecular formula is C22H27NO5. The van der Waals surface area contributed by atoms with Crippen molar-refractivity contribution in [3.8, 4) is 17.2 Å². The maximum atomic E-state index is 12.7. The molecule has 0 spiro atoms. The van der Waals surface area contributed by atoms with E-state index in [1.54, 1.807) is 31.2 Å². The Bertz CT molecular complexity index is 756. The number of nitrogens with zero attached hydrogens (tertiary/aromatic N) is 1. The fourth-order valence-corrected chi connectivity index (χ4v) is 2.98. The Morgan fingerprint density at radius 2 is 1.89 bits per heavy atom. The van der Waals surface area contributed by atoms with Crippen molar-refractivity contribution in [1.82, 2.24) is 4.90 Å². The zero-order valence-corrected chi connectivity index (χ0v) is 16.4. The molecule has 2 aromatic rings. The van der Waals surface area contributed by atoms with Crippen LogP contribution in [-0.2, 0) is 4.74 Å². The molecule has 6 heteroatoms. The van der Waals surface area contributed by atoms with E-state index in [1.165, 1.54) is 0 Å². The molecule has 0 saturated carbocycles. The molecule has 0 bridgehead atoms. The normalized spacial score (nSPS) is 15.9. The molecule has 0 aliphatic carbocycles. The molecule has 150 valence electrons. The monoisotopic (exact) mass is 385 g/mol. The maximum Gasteiger partial charge on any atom is 0.253 e. The first kappa shape index (κ1) is 20.0. The summed E-state index contributed by atoms with van der Waals surface area (Å²) in [5.74, 6) is 2.14. The molecule has 1 fully saturated rings. The predicted molar refractivity (Wildman–Crippen MR) is 106 cm³/mol. The third kappa shape index (κ3) is 5.63. The third-order valence-corrected chi connectivity index (χ3v) is 4.64. The van der Waals surface area contributed by atoms with Crippen molar-refractivity contribution in [1.29, 1.82) is 0 Å². The van der Waals surface area contributed by atoms with E-state index in [1.807, 2.05) is 36.4 Å². The molecule has 0 N–H and O–H groups in total. The fraction of sp³-hybridized carbons (Fsp3) is 0.409. The van der Waals surface area contributed by atoms with E-state index >= 15 is 0 Å². The van der Waals surface area contributed by atoms with E-state index in [4.69, 9.17) is 18.9 Å². The Balaban J connectivity index is 1.47. The lowest BCUT2D eigenvalue weighted by Gasteiger charge is -2.18. The summed E-state index contributed by atoms with van der Waals surface area (Å²) in [6.07, 6.45) is 2.25. The SMILES string of the molecule is COc1ccc(OCCN(C)C(=O)c2cccc(OCC3CCCO3)c2)cc1. The molecule has 1 saturated heterocycles. The van der Waals surface area contributed by atoms with Crippen LogP contribution < -0.4 is 14.2 Å². The Labute approximate surface area is 166 Å². The van der Waals surface area contributed by atoms with Gasteiger partial charge in [0.2, 0.25) is 0 Å². The number of hydrogen-bond acceptors (Lipinski definition) is 5. The van der Waals surface area contributed by atoms with Gasteiger partial charge in [-0.1, -0.05) is 6.07 Å². The number of rotatable bonds is 9. The van der Waals surface area contributed by atoms with Crippen LogP contribution in [0.4, 0.5) is 0 Å². The van der Waals surface area contributed by atoms with Gasteiger partial charge >= 0.3 is 0 Å². The average molecular weight is 385 g/mol. The molecule has 3 rings (SSSR count). The predicted octanol–water partition coefficient (Wildman–Crippen LogP) is 3.40. The topological polar surface area (TPSA) is 57.2 Å². The minimum Gasteiger partial charge on any atom is -0.497 e. The standard InChI is InChI=1S/C22H27NO5/c1-23(12-14-27-19-10-8-18(25-2)9-11-19)22(24)17-5-3-6-20(15-17)28-16-21-7-4-13-26-21/h3,5-6,8-11,15,21H,4,7,12-14,16H2,1-2H3. The lowest BCUT2D eigenvalue weighted by Crippen LogP contribution is -2.30. The summed E-state index contributed by atoms with van der Waals surface area (Å²) in [5.41, 5.74) is 0.594. The minimum absolute atomic E-state index is 0.0686. The zero-order valence-electron chi connectivity index (χ0n) is 16.4. The number of hydrogen-bond donors (Lipinski definition) is 0. The molecule has 1 amide bonds. The van der Waals surface area contributed by atoms with Gasteiger partial charge in [0.1, 0.15) is 30.5 Å². The van der Waals surface area contributed by atoms with Crippen molar-refractivity contribution >= 4 is 5.91 Å². The Morgan fingerprint density at radius 1 is 1.11 bits per heavy atom. The van der Waals surface area contributed by atoms with E-state index in [-0.39, 0.29) is 12.0 Å². The summed E-state index contributed by atoms with van der Waals surface area (Å²) < 4.78 is 22.2. The molecule has 1 heterocycles. The van der Waals surface area contributed by atoms with E-state index in [0.717, 1.165) is 30.9 Å². The Kier molecular flexibility index (Phi) is 7.14. The van der Waals surface area contributed by atoms with Gasteiger partial charge in [-0.2, -0.15) is 0 Å². The fourth-order valence-electron chi connectivity index (χ4n) is 2.98. The van der Waals surface area contributed by atoms with Gasteiger partial charge in [0.05, 0.1) is 19.8 Å².